The first-order valence-corrected chi connectivity index (χ1v) is 9.83. The third-order valence-electron chi connectivity index (χ3n) is 6.80. The van der Waals surface area contributed by atoms with E-state index in [0.29, 0.717) is 12.4 Å². The molecule has 4 nitrogen and oxygen atoms in total. The van der Waals surface area contributed by atoms with Crippen molar-refractivity contribution >= 4 is 5.78 Å². The highest BCUT2D eigenvalue weighted by molar-refractivity contribution is 5.99. The lowest BCUT2D eigenvalue weighted by Gasteiger charge is -2.47. The molecule has 142 valence electrons. The lowest BCUT2D eigenvalue weighted by molar-refractivity contribution is -0.139. The molecule has 4 aliphatic rings. The Morgan fingerprint density at radius 3 is 2.77 bits per heavy atom. The van der Waals surface area contributed by atoms with Crippen molar-refractivity contribution in [3.8, 4) is 0 Å². The van der Waals surface area contributed by atoms with Crippen LogP contribution in [0, 0.1) is 23.2 Å². The fourth-order valence-electron chi connectivity index (χ4n) is 5.10. The summed E-state index contributed by atoms with van der Waals surface area (Å²) in [6.07, 6.45) is 10.6. The molecule has 26 heavy (non-hydrogen) atoms. The fraction of sp³-hybridized carbons (Fsp3) is 0.682. The third-order valence-corrected chi connectivity index (χ3v) is 6.80. The van der Waals surface area contributed by atoms with Crippen LogP contribution >= 0.6 is 0 Å². The van der Waals surface area contributed by atoms with Crippen molar-refractivity contribution in [2.75, 3.05) is 6.61 Å². The van der Waals surface area contributed by atoms with Crippen LogP contribution < -0.4 is 0 Å². The Balaban J connectivity index is 1.73. The maximum atomic E-state index is 12.4. The van der Waals surface area contributed by atoms with Gasteiger partial charge in [0.1, 0.15) is 11.4 Å². The lowest BCUT2D eigenvalue weighted by Crippen LogP contribution is -2.51. The Kier molecular flexibility index (Phi) is 4.11. The Morgan fingerprint density at radius 2 is 2.00 bits per heavy atom. The molecule has 4 rings (SSSR count). The van der Waals surface area contributed by atoms with Gasteiger partial charge in [-0.1, -0.05) is 37.6 Å². The molecule has 2 fully saturated rings. The second-order valence-electron chi connectivity index (χ2n) is 9.42. The lowest BCUT2D eigenvalue weighted by atomic mass is 9.71. The number of aliphatic hydroxyl groups is 1. The molecule has 2 heterocycles. The van der Waals surface area contributed by atoms with Crippen molar-refractivity contribution in [3.05, 3.63) is 35.3 Å². The van der Waals surface area contributed by atoms with E-state index in [1.54, 1.807) is 0 Å². The number of carbonyl (C=O) groups is 1. The highest BCUT2D eigenvalue weighted by atomic mass is 16.5. The quantitative estimate of drug-likeness (QED) is 0.649. The molecule has 5 atom stereocenters. The number of ketones is 1. The number of fused-ring (bicyclic) bond motifs is 2. The van der Waals surface area contributed by atoms with Gasteiger partial charge in [0, 0.05) is 12.3 Å². The van der Waals surface area contributed by atoms with Crippen LogP contribution in [0.3, 0.4) is 0 Å². The summed E-state index contributed by atoms with van der Waals surface area (Å²) in [4.78, 5) is 12.4. The topological polar surface area (TPSA) is 55.8 Å². The number of Topliss-reactive ketones (excluding diaryl/α,β-unsaturated/α-hetero) is 1. The summed E-state index contributed by atoms with van der Waals surface area (Å²) in [6, 6.07) is 0. The van der Waals surface area contributed by atoms with E-state index in [1.165, 1.54) is 5.57 Å². The fourth-order valence-corrected chi connectivity index (χ4v) is 5.10. The average Bonchev–Trinajstić information content (AvgIpc) is 3.09. The van der Waals surface area contributed by atoms with Crippen molar-refractivity contribution in [3.63, 3.8) is 0 Å². The van der Waals surface area contributed by atoms with Crippen molar-refractivity contribution < 1.29 is 19.4 Å². The normalized spacial score (nSPS) is 43.1. The Bertz CT molecular complexity index is 714. The molecule has 1 N–H and O–H groups in total. The van der Waals surface area contributed by atoms with Gasteiger partial charge in [-0.2, -0.15) is 0 Å². The average molecular weight is 358 g/mol. The molecule has 0 radical (unpaired) electrons. The SMILES string of the molecule is CC1=CCC(C)(C)/C=C/C[C@@]2(C)OC3=C(O)C(=O)[C@H]4CO[C@H]([C@@H]34)[C@@H]2CC1. The minimum absolute atomic E-state index is 0.0442. The zero-order valence-electron chi connectivity index (χ0n) is 16.2. The van der Waals surface area contributed by atoms with Gasteiger partial charge in [0.15, 0.2) is 5.76 Å². The van der Waals surface area contributed by atoms with Gasteiger partial charge in [-0.15, -0.1) is 0 Å². The first-order chi connectivity index (χ1) is 12.2. The molecule has 0 aromatic carbocycles. The number of ether oxygens (including phenoxy) is 2. The molecule has 4 heteroatoms. The molecule has 0 aromatic heterocycles. The van der Waals surface area contributed by atoms with Gasteiger partial charge in [-0.25, -0.2) is 0 Å². The van der Waals surface area contributed by atoms with E-state index in [4.69, 9.17) is 9.47 Å². The van der Waals surface area contributed by atoms with Crippen LogP contribution in [0.4, 0.5) is 0 Å². The molecule has 0 aromatic rings. The van der Waals surface area contributed by atoms with Crippen molar-refractivity contribution in [2.45, 2.75) is 65.1 Å². The van der Waals surface area contributed by atoms with E-state index in [-0.39, 0.29) is 40.8 Å². The van der Waals surface area contributed by atoms with Gasteiger partial charge in [-0.05, 0) is 38.5 Å². The summed E-state index contributed by atoms with van der Waals surface area (Å²) in [5.74, 6) is -0.0449. The Morgan fingerprint density at radius 1 is 1.23 bits per heavy atom. The van der Waals surface area contributed by atoms with Gasteiger partial charge in [0.25, 0.3) is 0 Å². The maximum Gasteiger partial charge on any atom is 0.206 e. The van der Waals surface area contributed by atoms with Crippen LogP contribution in [0.5, 0.6) is 0 Å². The van der Waals surface area contributed by atoms with Crippen LogP contribution in [-0.4, -0.2) is 29.2 Å². The van der Waals surface area contributed by atoms with Crippen LogP contribution in [-0.2, 0) is 14.3 Å². The molecule has 2 saturated heterocycles. The molecule has 0 saturated carbocycles. The predicted molar refractivity (Wildman–Crippen MR) is 99.5 cm³/mol. The van der Waals surface area contributed by atoms with E-state index in [2.05, 4.69) is 45.9 Å². The number of allylic oxidation sites excluding steroid dienone is 4. The molecular weight excluding hydrogens is 328 g/mol. The molecular formula is C22H30O4. The smallest absolute Gasteiger partial charge is 0.206 e. The van der Waals surface area contributed by atoms with Crippen LogP contribution in [0.1, 0.15) is 53.4 Å². The molecule has 2 aliphatic heterocycles. The zero-order valence-corrected chi connectivity index (χ0v) is 16.2. The second kappa shape index (κ2) is 5.98. The number of hydrogen-bond donors (Lipinski definition) is 1. The summed E-state index contributed by atoms with van der Waals surface area (Å²) < 4.78 is 12.5. The van der Waals surface area contributed by atoms with Crippen molar-refractivity contribution in [1.82, 2.24) is 0 Å². The maximum absolute atomic E-state index is 12.4. The van der Waals surface area contributed by atoms with Crippen LogP contribution in [0.2, 0.25) is 0 Å². The van der Waals surface area contributed by atoms with Gasteiger partial charge in [0.05, 0.1) is 24.5 Å². The van der Waals surface area contributed by atoms with Crippen LogP contribution in [0.25, 0.3) is 0 Å². The second-order valence-corrected chi connectivity index (χ2v) is 9.42. The molecule has 0 bridgehead atoms. The van der Waals surface area contributed by atoms with Gasteiger partial charge in [-0.3, -0.25) is 4.79 Å². The monoisotopic (exact) mass is 358 g/mol. The largest absolute Gasteiger partial charge is 0.502 e. The summed E-state index contributed by atoms with van der Waals surface area (Å²) in [5.41, 5.74) is 1.03. The Labute approximate surface area is 155 Å². The first-order valence-electron chi connectivity index (χ1n) is 9.83. The van der Waals surface area contributed by atoms with Gasteiger partial charge in [0.2, 0.25) is 5.78 Å². The third kappa shape index (κ3) is 2.74. The molecule has 0 amide bonds. The number of hydrogen-bond acceptors (Lipinski definition) is 4. The van der Waals surface area contributed by atoms with E-state index in [9.17, 15) is 9.90 Å². The zero-order chi connectivity index (χ0) is 18.7. The summed E-state index contributed by atoms with van der Waals surface area (Å²) >= 11 is 0. The highest BCUT2D eigenvalue weighted by Gasteiger charge is 2.61. The highest BCUT2D eigenvalue weighted by Crippen LogP contribution is 2.54. The van der Waals surface area contributed by atoms with E-state index < -0.39 is 5.60 Å². The van der Waals surface area contributed by atoms with Crippen LogP contribution in [0.15, 0.2) is 35.3 Å². The number of rotatable bonds is 0. The minimum Gasteiger partial charge on any atom is -0.502 e. The van der Waals surface area contributed by atoms with E-state index in [0.717, 1.165) is 25.7 Å². The Hall–Kier alpha value is -1.55. The van der Waals surface area contributed by atoms with Gasteiger partial charge < -0.3 is 14.6 Å². The van der Waals surface area contributed by atoms with E-state index >= 15 is 0 Å². The van der Waals surface area contributed by atoms with Crippen molar-refractivity contribution in [1.29, 1.82) is 0 Å². The van der Waals surface area contributed by atoms with Crippen molar-refractivity contribution in [2.24, 2.45) is 23.2 Å². The molecule has 0 unspecified atom stereocenters. The molecule has 2 aliphatic carbocycles. The molecule has 0 spiro atoms. The predicted octanol–water partition coefficient (Wildman–Crippen LogP) is 4.48. The number of aliphatic hydroxyl groups excluding tert-OH is 1. The first kappa shape index (κ1) is 17.8. The van der Waals surface area contributed by atoms with Gasteiger partial charge >= 0.3 is 0 Å². The summed E-state index contributed by atoms with van der Waals surface area (Å²) in [7, 11) is 0. The van der Waals surface area contributed by atoms with E-state index in [1.807, 2.05) is 0 Å². The summed E-state index contributed by atoms with van der Waals surface area (Å²) in [6.45, 7) is 9.21. The minimum atomic E-state index is -0.471. The number of carbonyl (C=O) groups excluding carboxylic acids is 1. The standard InChI is InChI=1S/C22H30O4/c1-13-6-7-15-19-16-14(12-25-19)17(23)18(24)20(16)26-22(15,4)10-5-9-21(2,3)11-8-13/h5,8-9,14-16,19,24H,6-7,10-12H2,1-4H3/b9-5+,13-8?/t14-,15-,16-,19-,22+/m0/s1. The summed E-state index contributed by atoms with van der Waals surface area (Å²) in [5, 5.41) is 10.3.